The first-order valence-corrected chi connectivity index (χ1v) is 9.04. The topological polar surface area (TPSA) is 51.2 Å². The van der Waals surface area contributed by atoms with Crippen LogP contribution in [0.15, 0.2) is 36.5 Å². The van der Waals surface area contributed by atoms with Crippen LogP contribution in [0.1, 0.15) is 11.1 Å². The second-order valence-electron chi connectivity index (χ2n) is 5.70. The van der Waals surface area contributed by atoms with Gasteiger partial charge in [-0.25, -0.2) is 0 Å². The van der Waals surface area contributed by atoms with E-state index in [4.69, 9.17) is 4.74 Å². The molecule has 0 saturated heterocycles. The van der Waals surface area contributed by atoms with Gasteiger partial charge in [-0.3, -0.25) is 9.78 Å². The minimum atomic E-state index is -0.0138. The molecule has 120 valence electrons. The molecule has 0 unspecified atom stereocenters. The number of carbonyl (C=O) groups excluding carboxylic acids is 1. The molecule has 0 aliphatic carbocycles. The summed E-state index contributed by atoms with van der Waals surface area (Å²) in [4.78, 5) is 16.1. The Bertz CT molecular complexity index is 704. The van der Waals surface area contributed by atoms with Crippen molar-refractivity contribution >= 4 is 17.7 Å². The molecule has 1 aliphatic heterocycles. The van der Waals surface area contributed by atoms with E-state index in [1.54, 1.807) is 6.20 Å². The van der Waals surface area contributed by atoms with Crippen LogP contribution in [0.5, 0.6) is 5.75 Å². The highest BCUT2D eigenvalue weighted by Crippen LogP contribution is 2.38. The first-order chi connectivity index (χ1) is 11.2. The monoisotopic (exact) mass is 328 g/mol. The largest absolute Gasteiger partial charge is 0.487 e. The Balaban J connectivity index is 1.78. The lowest BCUT2D eigenvalue weighted by Crippen LogP contribution is -2.35. The molecule has 23 heavy (non-hydrogen) atoms. The molecule has 1 atom stereocenters. The van der Waals surface area contributed by atoms with Crippen LogP contribution >= 0.6 is 11.8 Å². The Kier molecular flexibility index (Phi) is 4.86. The predicted octanol–water partition coefficient (Wildman–Crippen LogP) is 2.84. The molecule has 5 heteroatoms. The van der Waals surface area contributed by atoms with Crippen LogP contribution in [0.2, 0.25) is 0 Å². The van der Waals surface area contributed by atoms with Crippen molar-refractivity contribution in [2.45, 2.75) is 19.4 Å². The van der Waals surface area contributed by atoms with Gasteiger partial charge in [-0.1, -0.05) is 12.1 Å². The summed E-state index contributed by atoms with van der Waals surface area (Å²) in [6.07, 6.45) is 4.51. The van der Waals surface area contributed by atoms with Gasteiger partial charge in [0.05, 0.1) is 18.0 Å². The van der Waals surface area contributed by atoms with Crippen LogP contribution in [0.3, 0.4) is 0 Å². The number of amides is 1. The maximum Gasteiger partial charge on any atom is 0.230 e. The number of thioether (sulfide) groups is 1. The number of hydrogen-bond acceptors (Lipinski definition) is 4. The Morgan fingerprint density at radius 3 is 3.04 bits per heavy atom. The first kappa shape index (κ1) is 15.9. The molecule has 0 saturated carbocycles. The SMILES string of the molecule is CSCC(=O)NC[C@H]1Cc2cc(C)cc(-c3ccccn3)c2O1. The maximum absolute atomic E-state index is 11.6. The van der Waals surface area contributed by atoms with E-state index in [9.17, 15) is 4.79 Å². The number of carbonyl (C=O) groups is 1. The molecule has 1 aromatic carbocycles. The van der Waals surface area contributed by atoms with E-state index in [1.165, 1.54) is 22.9 Å². The van der Waals surface area contributed by atoms with E-state index in [0.717, 1.165) is 23.4 Å². The van der Waals surface area contributed by atoms with Gasteiger partial charge in [0.25, 0.3) is 0 Å². The van der Waals surface area contributed by atoms with Gasteiger partial charge in [-0.2, -0.15) is 11.8 Å². The zero-order chi connectivity index (χ0) is 16.2. The lowest BCUT2D eigenvalue weighted by Gasteiger charge is -2.13. The van der Waals surface area contributed by atoms with Crippen molar-refractivity contribution in [1.29, 1.82) is 0 Å². The van der Waals surface area contributed by atoms with Crippen LogP contribution in [0, 0.1) is 6.92 Å². The Morgan fingerprint density at radius 2 is 2.30 bits per heavy atom. The molecule has 0 spiro atoms. The molecule has 0 radical (unpaired) electrons. The average molecular weight is 328 g/mol. The van der Waals surface area contributed by atoms with E-state index < -0.39 is 0 Å². The van der Waals surface area contributed by atoms with E-state index in [2.05, 4.69) is 29.4 Å². The zero-order valence-corrected chi connectivity index (χ0v) is 14.2. The number of aryl methyl sites for hydroxylation is 1. The van der Waals surface area contributed by atoms with Crippen LogP contribution in [0.4, 0.5) is 0 Å². The number of nitrogens with zero attached hydrogens (tertiary/aromatic N) is 1. The fraction of sp³-hybridized carbons (Fsp3) is 0.333. The van der Waals surface area contributed by atoms with Crippen LogP contribution in [-0.2, 0) is 11.2 Å². The van der Waals surface area contributed by atoms with Crippen molar-refractivity contribution in [3.8, 4) is 17.0 Å². The molecule has 1 aromatic heterocycles. The van der Waals surface area contributed by atoms with E-state index >= 15 is 0 Å². The first-order valence-electron chi connectivity index (χ1n) is 7.64. The summed E-state index contributed by atoms with van der Waals surface area (Å²) in [5, 5.41) is 2.93. The summed E-state index contributed by atoms with van der Waals surface area (Å²) >= 11 is 1.52. The number of benzene rings is 1. The third kappa shape index (κ3) is 3.67. The smallest absolute Gasteiger partial charge is 0.230 e. The molecule has 3 rings (SSSR count). The van der Waals surface area contributed by atoms with Gasteiger partial charge in [0.15, 0.2) is 0 Å². The van der Waals surface area contributed by atoms with E-state index in [-0.39, 0.29) is 12.0 Å². The lowest BCUT2D eigenvalue weighted by atomic mass is 10.0. The molecule has 4 nitrogen and oxygen atoms in total. The van der Waals surface area contributed by atoms with Crippen molar-refractivity contribution in [3.05, 3.63) is 47.7 Å². The number of aromatic nitrogens is 1. The highest BCUT2D eigenvalue weighted by molar-refractivity contribution is 7.99. The summed E-state index contributed by atoms with van der Waals surface area (Å²) in [5.74, 6) is 1.44. The molecule has 1 aliphatic rings. The number of nitrogens with one attached hydrogen (secondary N) is 1. The van der Waals surface area contributed by atoms with Gasteiger partial charge < -0.3 is 10.1 Å². The number of fused-ring (bicyclic) bond motifs is 1. The molecule has 2 heterocycles. The summed E-state index contributed by atoms with van der Waals surface area (Å²) in [6, 6.07) is 10.1. The van der Waals surface area contributed by atoms with Gasteiger partial charge in [0.1, 0.15) is 11.9 Å². The molecule has 1 N–H and O–H groups in total. The molecule has 0 bridgehead atoms. The molecule has 1 amide bonds. The molecular formula is C18H20N2O2S. The Labute approximate surface area is 140 Å². The lowest BCUT2D eigenvalue weighted by molar-refractivity contribution is -0.118. The standard InChI is InChI=1S/C18H20N2O2S/c1-12-7-13-9-14(10-20-17(21)11-23-2)22-18(13)15(8-12)16-5-3-4-6-19-16/h3-8,14H,9-11H2,1-2H3,(H,20,21)/t14-/m1/s1. The Hall–Kier alpha value is -2.01. The number of ether oxygens (including phenoxy) is 1. The predicted molar refractivity (Wildman–Crippen MR) is 93.9 cm³/mol. The van der Waals surface area contributed by atoms with Crippen molar-refractivity contribution in [2.75, 3.05) is 18.6 Å². The minimum Gasteiger partial charge on any atom is -0.487 e. The van der Waals surface area contributed by atoms with Crippen molar-refractivity contribution in [1.82, 2.24) is 10.3 Å². The second kappa shape index (κ2) is 7.04. The van der Waals surface area contributed by atoms with Gasteiger partial charge >= 0.3 is 0 Å². The minimum absolute atomic E-state index is 0.0138. The Morgan fingerprint density at radius 1 is 1.43 bits per heavy atom. The summed E-state index contributed by atoms with van der Waals surface area (Å²) in [5.41, 5.74) is 4.33. The fourth-order valence-corrected chi connectivity index (χ4v) is 3.19. The number of hydrogen-bond donors (Lipinski definition) is 1. The zero-order valence-electron chi connectivity index (χ0n) is 13.3. The van der Waals surface area contributed by atoms with E-state index in [1.807, 2.05) is 24.5 Å². The van der Waals surface area contributed by atoms with Gasteiger partial charge in [-0.15, -0.1) is 0 Å². The van der Waals surface area contributed by atoms with Crippen LogP contribution in [0.25, 0.3) is 11.3 Å². The van der Waals surface area contributed by atoms with Crippen molar-refractivity contribution in [3.63, 3.8) is 0 Å². The van der Waals surface area contributed by atoms with Gasteiger partial charge in [0, 0.05) is 18.2 Å². The maximum atomic E-state index is 11.6. The normalized spacial score (nSPS) is 15.8. The summed E-state index contributed by atoms with van der Waals surface area (Å²) in [7, 11) is 0. The molecule has 2 aromatic rings. The third-order valence-electron chi connectivity index (χ3n) is 3.79. The van der Waals surface area contributed by atoms with E-state index in [0.29, 0.717) is 12.3 Å². The fourth-order valence-electron chi connectivity index (χ4n) is 2.83. The highest BCUT2D eigenvalue weighted by atomic mass is 32.2. The highest BCUT2D eigenvalue weighted by Gasteiger charge is 2.27. The van der Waals surface area contributed by atoms with Gasteiger partial charge in [-0.05, 0) is 42.5 Å². The van der Waals surface area contributed by atoms with Crippen LogP contribution in [-0.4, -0.2) is 35.5 Å². The second-order valence-corrected chi connectivity index (χ2v) is 6.56. The van der Waals surface area contributed by atoms with Crippen LogP contribution < -0.4 is 10.1 Å². The van der Waals surface area contributed by atoms with Gasteiger partial charge in [0.2, 0.25) is 5.91 Å². The summed E-state index contributed by atoms with van der Waals surface area (Å²) < 4.78 is 6.11. The quantitative estimate of drug-likeness (QED) is 0.917. The van der Waals surface area contributed by atoms with Crippen molar-refractivity contribution < 1.29 is 9.53 Å². The average Bonchev–Trinajstić information content (AvgIpc) is 2.96. The molecule has 0 fully saturated rings. The van der Waals surface area contributed by atoms with Crippen molar-refractivity contribution in [2.24, 2.45) is 0 Å². The number of rotatable bonds is 5. The number of pyridine rings is 1. The summed E-state index contributed by atoms with van der Waals surface area (Å²) in [6.45, 7) is 2.62. The molecular weight excluding hydrogens is 308 g/mol. The third-order valence-corrected chi connectivity index (χ3v) is 4.34.